The van der Waals surface area contributed by atoms with Gasteiger partial charge in [0.05, 0.1) is 11.8 Å². The van der Waals surface area contributed by atoms with Gasteiger partial charge in [-0.15, -0.1) is 0 Å². The van der Waals surface area contributed by atoms with Gasteiger partial charge in [0, 0.05) is 24.3 Å². The van der Waals surface area contributed by atoms with Crippen LogP contribution in [0.15, 0.2) is 36.4 Å². The van der Waals surface area contributed by atoms with E-state index < -0.39 is 6.10 Å². The SMILES string of the molecule is Cc1ccc(O[C@@H]2C[C@@H]3CN(C(=O)c4ccc(C(C)(C)C)cc4)C[C@@H]3C[C@H]2O)c(C)n1. The van der Waals surface area contributed by atoms with Crippen molar-refractivity contribution in [3.63, 3.8) is 0 Å². The summed E-state index contributed by atoms with van der Waals surface area (Å²) in [4.78, 5) is 19.5. The number of hydrogen-bond acceptors (Lipinski definition) is 4. The van der Waals surface area contributed by atoms with Gasteiger partial charge in [0.1, 0.15) is 11.9 Å². The summed E-state index contributed by atoms with van der Waals surface area (Å²) in [5, 5.41) is 10.7. The lowest BCUT2D eigenvalue weighted by molar-refractivity contribution is -0.0236. The molecule has 2 heterocycles. The first-order valence-electron chi connectivity index (χ1n) is 11.3. The van der Waals surface area contributed by atoms with Gasteiger partial charge in [0.2, 0.25) is 0 Å². The van der Waals surface area contributed by atoms with Crippen molar-refractivity contribution < 1.29 is 14.6 Å². The molecule has 2 fully saturated rings. The summed E-state index contributed by atoms with van der Waals surface area (Å²) in [5.74, 6) is 1.49. The Morgan fingerprint density at radius 1 is 1.03 bits per heavy atom. The molecule has 1 saturated carbocycles. The average Bonchev–Trinajstić information content (AvgIpc) is 3.11. The van der Waals surface area contributed by atoms with E-state index in [0.29, 0.717) is 24.8 Å². The minimum Gasteiger partial charge on any atom is -0.486 e. The Balaban J connectivity index is 1.42. The van der Waals surface area contributed by atoms with Crippen molar-refractivity contribution >= 4 is 5.91 Å². The zero-order valence-corrected chi connectivity index (χ0v) is 19.3. The summed E-state index contributed by atoms with van der Waals surface area (Å²) < 4.78 is 6.17. The molecular weight excluding hydrogens is 388 g/mol. The first kappa shape index (κ1) is 21.8. The Morgan fingerprint density at radius 2 is 1.68 bits per heavy atom. The van der Waals surface area contributed by atoms with Crippen molar-refractivity contribution in [3.05, 3.63) is 58.9 Å². The van der Waals surface area contributed by atoms with E-state index in [1.807, 2.05) is 43.0 Å². The number of pyridine rings is 1. The second kappa shape index (κ2) is 8.27. The van der Waals surface area contributed by atoms with Crippen LogP contribution in [0.4, 0.5) is 0 Å². The molecule has 2 aliphatic rings. The van der Waals surface area contributed by atoms with Crippen molar-refractivity contribution in [2.45, 2.75) is 65.1 Å². The third-order valence-electron chi connectivity index (χ3n) is 6.82. The molecule has 1 aromatic heterocycles. The second-order valence-electron chi connectivity index (χ2n) is 10.3. The molecule has 1 saturated heterocycles. The van der Waals surface area contributed by atoms with Crippen LogP contribution in [0.2, 0.25) is 0 Å². The van der Waals surface area contributed by atoms with Crippen molar-refractivity contribution in [2.75, 3.05) is 13.1 Å². The number of amides is 1. The number of aryl methyl sites for hydroxylation is 2. The van der Waals surface area contributed by atoms with Crippen molar-refractivity contribution in [3.8, 4) is 5.75 Å². The minimum atomic E-state index is -0.525. The number of benzene rings is 1. The van der Waals surface area contributed by atoms with Crippen LogP contribution in [-0.4, -0.2) is 46.2 Å². The quantitative estimate of drug-likeness (QED) is 0.802. The standard InChI is InChI=1S/C26H34N2O3/c1-16-6-11-23(17(2)27-16)31-24-13-20-15-28(14-19(20)12-22(24)29)25(30)18-7-9-21(10-8-18)26(3,4)5/h6-11,19-20,22,24,29H,12-15H2,1-5H3/t19-,20+,22+,24+/m0/s1. The molecule has 1 aromatic carbocycles. The fraction of sp³-hybridized carbons (Fsp3) is 0.538. The van der Waals surface area contributed by atoms with Crippen LogP contribution in [0.25, 0.3) is 0 Å². The number of likely N-dealkylation sites (tertiary alicyclic amines) is 1. The van der Waals surface area contributed by atoms with E-state index in [0.717, 1.165) is 35.7 Å². The third-order valence-corrected chi connectivity index (χ3v) is 6.82. The van der Waals surface area contributed by atoms with Crippen LogP contribution in [0.3, 0.4) is 0 Å². The average molecular weight is 423 g/mol. The molecule has 0 radical (unpaired) electrons. The van der Waals surface area contributed by atoms with Gasteiger partial charge in [0.25, 0.3) is 5.91 Å². The molecule has 31 heavy (non-hydrogen) atoms. The van der Waals surface area contributed by atoms with Crippen LogP contribution in [0.1, 0.15) is 60.9 Å². The topological polar surface area (TPSA) is 62.7 Å². The molecule has 1 N–H and O–H groups in total. The molecule has 166 valence electrons. The zero-order valence-electron chi connectivity index (χ0n) is 19.3. The normalized spacial score (nSPS) is 25.9. The summed E-state index contributed by atoms with van der Waals surface area (Å²) in [7, 11) is 0. The molecule has 4 rings (SSSR count). The van der Waals surface area contributed by atoms with Gasteiger partial charge < -0.3 is 14.7 Å². The first-order valence-corrected chi connectivity index (χ1v) is 11.3. The molecule has 1 amide bonds. The number of aliphatic hydroxyl groups is 1. The van der Waals surface area contributed by atoms with E-state index in [4.69, 9.17) is 4.74 Å². The maximum Gasteiger partial charge on any atom is 0.253 e. The highest BCUT2D eigenvalue weighted by Crippen LogP contribution is 2.39. The van der Waals surface area contributed by atoms with E-state index >= 15 is 0 Å². The fourth-order valence-electron chi connectivity index (χ4n) is 4.94. The van der Waals surface area contributed by atoms with Gasteiger partial charge in [-0.3, -0.25) is 9.78 Å². The smallest absolute Gasteiger partial charge is 0.253 e. The summed E-state index contributed by atoms with van der Waals surface area (Å²) in [6.45, 7) is 11.8. The Morgan fingerprint density at radius 3 is 2.29 bits per heavy atom. The van der Waals surface area contributed by atoms with Gasteiger partial charge in [-0.2, -0.15) is 0 Å². The number of ether oxygens (including phenoxy) is 1. The zero-order chi connectivity index (χ0) is 22.3. The summed E-state index contributed by atoms with van der Waals surface area (Å²) in [6, 6.07) is 11.9. The summed E-state index contributed by atoms with van der Waals surface area (Å²) in [5.41, 5.74) is 3.83. The lowest BCUT2D eigenvalue weighted by Crippen LogP contribution is -2.42. The van der Waals surface area contributed by atoms with E-state index in [2.05, 4.69) is 37.9 Å². The molecule has 0 unspecified atom stereocenters. The molecule has 2 aromatic rings. The third kappa shape index (κ3) is 4.62. The number of fused-ring (bicyclic) bond motifs is 1. The van der Waals surface area contributed by atoms with Gasteiger partial charge in [-0.1, -0.05) is 32.9 Å². The monoisotopic (exact) mass is 422 g/mol. The number of hydrogen-bond donors (Lipinski definition) is 1. The van der Waals surface area contributed by atoms with Crippen LogP contribution in [0.5, 0.6) is 5.75 Å². The minimum absolute atomic E-state index is 0.0701. The maximum absolute atomic E-state index is 13.1. The van der Waals surface area contributed by atoms with E-state index in [-0.39, 0.29) is 17.4 Å². The number of aromatic nitrogens is 1. The van der Waals surface area contributed by atoms with Gasteiger partial charge in [0.15, 0.2) is 0 Å². The fourth-order valence-corrected chi connectivity index (χ4v) is 4.94. The highest BCUT2D eigenvalue weighted by molar-refractivity contribution is 5.94. The Hall–Kier alpha value is -2.40. The Kier molecular flexibility index (Phi) is 5.82. The lowest BCUT2D eigenvalue weighted by Gasteiger charge is -2.35. The predicted octanol–water partition coefficient (Wildman–Crippen LogP) is 4.29. The lowest BCUT2D eigenvalue weighted by atomic mass is 9.78. The van der Waals surface area contributed by atoms with E-state index in [9.17, 15) is 9.90 Å². The molecule has 0 spiro atoms. The Bertz CT molecular complexity index is 948. The van der Waals surface area contributed by atoms with Gasteiger partial charge >= 0.3 is 0 Å². The molecule has 1 aliphatic heterocycles. The maximum atomic E-state index is 13.1. The highest BCUT2D eigenvalue weighted by Gasteiger charge is 2.44. The largest absolute Gasteiger partial charge is 0.486 e. The molecule has 5 heteroatoms. The van der Waals surface area contributed by atoms with Crippen molar-refractivity contribution in [2.24, 2.45) is 11.8 Å². The van der Waals surface area contributed by atoms with Gasteiger partial charge in [-0.05, 0) is 73.8 Å². The summed E-state index contributed by atoms with van der Waals surface area (Å²) in [6.07, 6.45) is 0.639. The molecule has 4 atom stereocenters. The highest BCUT2D eigenvalue weighted by atomic mass is 16.5. The van der Waals surface area contributed by atoms with Crippen LogP contribution < -0.4 is 4.74 Å². The first-order chi connectivity index (χ1) is 14.6. The van der Waals surface area contributed by atoms with Crippen molar-refractivity contribution in [1.82, 2.24) is 9.88 Å². The second-order valence-corrected chi connectivity index (χ2v) is 10.3. The number of rotatable bonds is 3. The Labute approximate surface area is 185 Å². The molecule has 1 aliphatic carbocycles. The molecule has 0 bridgehead atoms. The summed E-state index contributed by atoms with van der Waals surface area (Å²) >= 11 is 0. The number of nitrogens with zero attached hydrogens (tertiary/aromatic N) is 2. The molecular formula is C26H34N2O3. The van der Waals surface area contributed by atoms with Crippen LogP contribution in [-0.2, 0) is 5.41 Å². The molecule has 5 nitrogen and oxygen atoms in total. The number of carbonyl (C=O) groups excluding carboxylic acids is 1. The van der Waals surface area contributed by atoms with Gasteiger partial charge in [-0.25, -0.2) is 0 Å². The van der Waals surface area contributed by atoms with Crippen LogP contribution >= 0.6 is 0 Å². The predicted molar refractivity (Wildman–Crippen MR) is 121 cm³/mol. The van der Waals surface area contributed by atoms with Crippen LogP contribution in [0, 0.1) is 25.7 Å². The van der Waals surface area contributed by atoms with Crippen molar-refractivity contribution in [1.29, 1.82) is 0 Å². The van der Waals surface area contributed by atoms with E-state index in [1.165, 1.54) is 5.56 Å². The number of aliphatic hydroxyl groups excluding tert-OH is 1. The number of carbonyl (C=O) groups is 1. The van der Waals surface area contributed by atoms with E-state index in [1.54, 1.807) is 0 Å².